The first kappa shape index (κ1) is 27.3. The molecule has 0 unspecified atom stereocenters. The van der Waals surface area contributed by atoms with Gasteiger partial charge >= 0.3 is 0 Å². The summed E-state index contributed by atoms with van der Waals surface area (Å²) in [6.07, 6.45) is 1.01. The minimum atomic E-state index is -1.93. The van der Waals surface area contributed by atoms with Crippen molar-refractivity contribution < 1.29 is 38.2 Å². The van der Waals surface area contributed by atoms with Crippen LogP contribution in [0.3, 0.4) is 0 Å². The molecule has 1 saturated heterocycles. The third-order valence-electron chi connectivity index (χ3n) is 7.17. The molecule has 4 rings (SSSR count). The highest BCUT2D eigenvalue weighted by atomic mass is 127. The molecule has 0 radical (unpaired) electrons. The first-order valence-electron chi connectivity index (χ1n) is 11.9. The Labute approximate surface area is 222 Å². The summed E-state index contributed by atoms with van der Waals surface area (Å²) in [4.78, 5) is 0. The van der Waals surface area contributed by atoms with E-state index in [0.29, 0.717) is 13.2 Å². The van der Waals surface area contributed by atoms with Crippen LogP contribution < -0.4 is 39.9 Å². The number of ether oxygens (including phenoxy) is 3. The van der Waals surface area contributed by atoms with Crippen LogP contribution in [0.5, 0.6) is 0 Å². The lowest BCUT2D eigenvalue weighted by Crippen LogP contribution is -3.00. The van der Waals surface area contributed by atoms with Gasteiger partial charge in [-0.15, -0.1) is 0 Å². The molecule has 0 amide bonds. The molecular weight excluding hydrogens is 554 g/mol. The lowest BCUT2D eigenvalue weighted by Gasteiger charge is -2.39. The van der Waals surface area contributed by atoms with Crippen molar-refractivity contribution in [1.29, 1.82) is 0 Å². The normalized spacial score (nSPS) is 18.0. The van der Waals surface area contributed by atoms with E-state index < -0.39 is 13.0 Å². The summed E-state index contributed by atoms with van der Waals surface area (Å²) in [5.74, 6) is -0.227. The van der Waals surface area contributed by atoms with E-state index in [0.717, 1.165) is 6.16 Å². The zero-order valence-electron chi connectivity index (χ0n) is 20.6. The van der Waals surface area contributed by atoms with E-state index in [-0.39, 0.29) is 41.9 Å². The average Bonchev–Trinajstić information content (AvgIpc) is 3.32. The molecular formula is C29H36IO3P. The van der Waals surface area contributed by atoms with Gasteiger partial charge in [0.2, 0.25) is 0 Å². The van der Waals surface area contributed by atoms with Crippen molar-refractivity contribution in [2.75, 3.05) is 26.5 Å². The number of benzene rings is 3. The van der Waals surface area contributed by atoms with Crippen LogP contribution in [0.2, 0.25) is 0 Å². The van der Waals surface area contributed by atoms with Crippen molar-refractivity contribution in [1.82, 2.24) is 0 Å². The Morgan fingerprint density at radius 1 is 0.765 bits per heavy atom. The molecule has 3 aromatic carbocycles. The molecule has 5 heteroatoms. The van der Waals surface area contributed by atoms with Crippen molar-refractivity contribution >= 4 is 23.2 Å². The number of methoxy groups -OCH3 is 1. The van der Waals surface area contributed by atoms with Crippen molar-refractivity contribution in [2.24, 2.45) is 11.8 Å². The van der Waals surface area contributed by atoms with Crippen LogP contribution in [-0.4, -0.2) is 38.4 Å². The Morgan fingerprint density at radius 3 is 1.50 bits per heavy atom. The Kier molecular flexibility index (Phi) is 9.71. The molecule has 0 N–H and O–H groups in total. The maximum absolute atomic E-state index is 6.16. The second-order valence-corrected chi connectivity index (χ2v) is 12.7. The van der Waals surface area contributed by atoms with E-state index in [4.69, 9.17) is 14.2 Å². The molecule has 3 aromatic rings. The van der Waals surface area contributed by atoms with Gasteiger partial charge < -0.3 is 38.2 Å². The monoisotopic (exact) mass is 590 g/mol. The van der Waals surface area contributed by atoms with Gasteiger partial charge in [0.25, 0.3) is 0 Å². The molecule has 0 saturated carbocycles. The van der Waals surface area contributed by atoms with Gasteiger partial charge in [-0.25, -0.2) is 0 Å². The van der Waals surface area contributed by atoms with E-state index in [2.05, 4.69) is 112 Å². The van der Waals surface area contributed by atoms with Gasteiger partial charge in [-0.05, 0) is 43.3 Å². The lowest BCUT2D eigenvalue weighted by atomic mass is 9.88. The number of rotatable bonds is 9. The molecule has 1 aliphatic heterocycles. The van der Waals surface area contributed by atoms with Crippen LogP contribution in [0.25, 0.3) is 0 Å². The van der Waals surface area contributed by atoms with Crippen molar-refractivity contribution in [3.63, 3.8) is 0 Å². The number of halogens is 1. The topological polar surface area (TPSA) is 27.7 Å². The standard InChI is InChI=1S/C29H36O3P.HI/c1-23(28(30-4)24(2)29(3)31-20-21-32-29)22-33(25-14-8-5-9-15-25,26-16-10-6-11-17-26)27-18-12-7-13-19-27;/h5-19,23-24,28H,20-22H2,1-4H3;1H/q+1;/p-1/t23-,24-,28+;/m1./s1. The highest BCUT2D eigenvalue weighted by Crippen LogP contribution is 2.57. The smallest absolute Gasteiger partial charge is 0.170 e. The molecule has 0 aromatic heterocycles. The summed E-state index contributed by atoms with van der Waals surface area (Å²) in [5, 5.41) is 4.20. The van der Waals surface area contributed by atoms with Crippen LogP contribution >= 0.6 is 7.26 Å². The highest BCUT2D eigenvalue weighted by molar-refractivity contribution is 7.95. The predicted molar refractivity (Wildman–Crippen MR) is 139 cm³/mol. The minimum Gasteiger partial charge on any atom is -1.00 e. The lowest BCUT2D eigenvalue weighted by molar-refractivity contribution is -0.207. The van der Waals surface area contributed by atoms with E-state index in [1.807, 2.05) is 7.11 Å². The number of hydrogen-bond acceptors (Lipinski definition) is 3. The molecule has 182 valence electrons. The first-order valence-corrected chi connectivity index (χ1v) is 13.8. The van der Waals surface area contributed by atoms with Crippen molar-refractivity contribution in [3.05, 3.63) is 91.0 Å². The minimum absolute atomic E-state index is 0. The third-order valence-corrected chi connectivity index (χ3v) is 11.8. The Morgan fingerprint density at radius 2 is 1.15 bits per heavy atom. The van der Waals surface area contributed by atoms with Gasteiger partial charge in [0.15, 0.2) is 5.79 Å². The molecule has 1 aliphatic rings. The fourth-order valence-electron chi connectivity index (χ4n) is 5.37. The molecule has 3 atom stereocenters. The Hall–Kier alpha value is -1.30. The molecule has 1 fully saturated rings. The predicted octanol–water partition coefficient (Wildman–Crippen LogP) is 2.03. The largest absolute Gasteiger partial charge is 1.00 e. The fourth-order valence-corrected chi connectivity index (χ4v) is 10.0. The number of hydrogen-bond donors (Lipinski definition) is 0. The maximum atomic E-state index is 6.16. The fraction of sp³-hybridized carbons (Fsp3) is 0.379. The van der Waals surface area contributed by atoms with Crippen LogP contribution in [0.15, 0.2) is 91.0 Å². The summed E-state index contributed by atoms with van der Waals surface area (Å²) in [6.45, 7) is 7.86. The molecule has 1 heterocycles. The SMILES string of the molecule is CO[C@@H]([C@H](C)C[P+](c1ccccc1)(c1ccccc1)c1ccccc1)[C@@H](C)C1(C)OCCO1.[I-]. The van der Waals surface area contributed by atoms with Gasteiger partial charge in [-0.1, -0.05) is 68.4 Å². The summed E-state index contributed by atoms with van der Waals surface area (Å²) >= 11 is 0. The summed E-state index contributed by atoms with van der Waals surface area (Å²) in [7, 11) is -0.108. The summed E-state index contributed by atoms with van der Waals surface area (Å²) in [6, 6.07) is 33.1. The van der Waals surface area contributed by atoms with Crippen LogP contribution in [0, 0.1) is 11.8 Å². The van der Waals surface area contributed by atoms with E-state index in [1.165, 1.54) is 15.9 Å². The second-order valence-electron chi connectivity index (χ2n) is 9.18. The Bertz CT molecular complexity index is 897. The summed E-state index contributed by atoms with van der Waals surface area (Å²) in [5.41, 5.74) is 0. The van der Waals surface area contributed by atoms with Crippen LogP contribution in [0.4, 0.5) is 0 Å². The van der Waals surface area contributed by atoms with Gasteiger partial charge in [-0.3, -0.25) is 0 Å². The molecule has 3 nitrogen and oxygen atoms in total. The molecule has 34 heavy (non-hydrogen) atoms. The Balaban J connectivity index is 0.00000324. The van der Waals surface area contributed by atoms with Gasteiger partial charge in [0.1, 0.15) is 23.2 Å². The second kappa shape index (κ2) is 12.1. The van der Waals surface area contributed by atoms with Crippen molar-refractivity contribution in [3.8, 4) is 0 Å². The molecule has 0 bridgehead atoms. The highest BCUT2D eigenvalue weighted by Gasteiger charge is 2.50. The zero-order chi connectivity index (χ0) is 23.3. The van der Waals surface area contributed by atoms with Gasteiger partial charge in [-0.2, -0.15) is 0 Å². The first-order chi connectivity index (χ1) is 16.0. The third kappa shape index (κ3) is 5.42. The maximum Gasteiger partial charge on any atom is 0.170 e. The van der Waals surface area contributed by atoms with E-state index in [9.17, 15) is 0 Å². The van der Waals surface area contributed by atoms with Crippen LogP contribution in [0.1, 0.15) is 20.8 Å². The molecule has 0 spiro atoms. The van der Waals surface area contributed by atoms with Gasteiger partial charge in [0.05, 0.1) is 25.5 Å². The zero-order valence-corrected chi connectivity index (χ0v) is 23.6. The average molecular weight is 590 g/mol. The quantitative estimate of drug-likeness (QED) is 0.282. The van der Waals surface area contributed by atoms with Gasteiger partial charge in [0, 0.05) is 18.9 Å². The van der Waals surface area contributed by atoms with E-state index >= 15 is 0 Å². The summed E-state index contributed by atoms with van der Waals surface area (Å²) < 4.78 is 18.2. The van der Waals surface area contributed by atoms with E-state index in [1.54, 1.807) is 0 Å². The molecule has 0 aliphatic carbocycles. The van der Waals surface area contributed by atoms with Crippen LogP contribution in [-0.2, 0) is 14.2 Å². The van der Waals surface area contributed by atoms with Crippen molar-refractivity contribution in [2.45, 2.75) is 32.7 Å².